The van der Waals surface area contributed by atoms with Crippen LogP contribution >= 0.6 is 11.5 Å². The quantitative estimate of drug-likeness (QED) is 0.753. The zero-order chi connectivity index (χ0) is 15.6. The third kappa shape index (κ3) is 2.90. The second-order valence-corrected chi connectivity index (χ2v) is 7.00. The molecule has 1 heterocycles. The van der Waals surface area contributed by atoms with Gasteiger partial charge in [-0.25, -0.2) is 8.42 Å². The first-order valence-corrected chi connectivity index (χ1v) is 8.37. The van der Waals surface area contributed by atoms with Crippen LogP contribution in [0.4, 0.5) is 10.8 Å². The van der Waals surface area contributed by atoms with Crippen LogP contribution in [-0.4, -0.2) is 28.3 Å². The maximum absolute atomic E-state index is 12.4. The maximum Gasteiger partial charge on any atom is 0.229 e. The van der Waals surface area contributed by atoms with E-state index < -0.39 is 9.84 Å². The third-order valence-corrected chi connectivity index (χ3v) is 5.16. The third-order valence-electron chi connectivity index (χ3n) is 2.86. The lowest BCUT2D eigenvalue weighted by molar-refractivity contribution is 0.475. The fraction of sp³-hybridized carbons (Fsp3) is 0. The summed E-state index contributed by atoms with van der Waals surface area (Å²) in [7, 11) is -3.61. The normalized spacial score (nSPS) is 11.3. The molecular formula is C13H10N4O3S2. The average molecular weight is 334 g/mol. The number of phenols is 1. The van der Waals surface area contributed by atoms with Crippen LogP contribution in [-0.2, 0) is 9.84 Å². The van der Waals surface area contributed by atoms with Gasteiger partial charge in [0.2, 0.25) is 15.0 Å². The molecule has 0 unspecified atom stereocenters. The summed E-state index contributed by atoms with van der Waals surface area (Å²) < 4.78 is 28.5. The van der Waals surface area contributed by atoms with Crippen molar-refractivity contribution in [2.24, 2.45) is 0 Å². The van der Waals surface area contributed by atoms with Crippen LogP contribution in [0.25, 0.3) is 0 Å². The molecule has 112 valence electrons. The summed E-state index contributed by atoms with van der Waals surface area (Å²) in [4.78, 5) is 0.290. The van der Waals surface area contributed by atoms with Crippen molar-refractivity contribution in [2.75, 3.05) is 5.32 Å². The van der Waals surface area contributed by atoms with E-state index in [9.17, 15) is 13.5 Å². The Morgan fingerprint density at radius 1 is 0.955 bits per heavy atom. The maximum atomic E-state index is 12.4. The predicted octanol–water partition coefficient (Wildman–Crippen LogP) is 2.22. The molecule has 0 aliphatic heterocycles. The van der Waals surface area contributed by atoms with Gasteiger partial charge in [-0.2, -0.15) is 0 Å². The standard InChI is InChI=1S/C13H10N4O3S2/c18-10-3-7-12(8-4-10)22(19,20)11-5-1-9(2-6-11)14-13-15-16-17-21-13/h1-8,18H,(H,14,15,17). The molecule has 0 bridgehead atoms. The second-order valence-electron chi connectivity index (χ2n) is 4.31. The second kappa shape index (κ2) is 5.70. The Bertz CT molecular complexity index is 861. The van der Waals surface area contributed by atoms with Gasteiger partial charge in [0, 0.05) is 17.2 Å². The number of benzene rings is 2. The van der Waals surface area contributed by atoms with E-state index in [0.29, 0.717) is 10.8 Å². The van der Waals surface area contributed by atoms with E-state index in [0.717, 1.165) is 11.5 Å². The van der Waals surface area contributed by atoms with Gasteiger partial charge in [0.25, 0.3) is 0 Å². The number of phenolic OH excluding ortho intramolecular Hbond substituents is 1. The number of aromatic nitrogens is 3. The van der Waals surface area contributed by atoms with E-state index in [-0.39, 0.29) is 15.5 Å². The van der Waals surface area contributed by atoms with Gasteiger partial charge in [-0.05, 0) is 53.7 Å². The van der Waals surface area contributed by atoms with Crippen LogP contribution in [0, 0.1) is 0 Å². The number of aromatic hydroxyl groups is 1. The SMILES string of the molecule is O=S(=O)(c1ccc(O)cc1)c1ccc(Nc2nnns2)cc1. The molecule has 3 aromatic rings. The first-order chi connectivity index (χ1) is 10.6. The summed E-state index contributed by atoms with van der Waals surface area (Å²) in [5.74, 6) is 0.0177. The minimum Gasteiger partial charge on any atom is -0.508 e. The van der Waals surface area contributed by atoms with Gasteiger partial charge in [-0.15, -0.1) is 0 Å². The van der Waals surface area contributed by atoms with Crippen LogP contribution in [0.15, 0.2) is 58.3 Å². The molecule has 3 rings (SSSR count). The zero-order valence-corrected chi connectivity index (χ0v) is 12.7. The lowest BCUT2D eigenvalue weighted by Gasteiger charge is -2.06. The molecule has 22 heavy (non-hydrogen) atoms. The number of hydrogen-bond acceptors (Lipinski definition) is 8. The zero-order valence-electron chi connectivity index (χ0n) is 11.0. The monoisotopic (exact) mass is 334 g/mol. The Balaban J connectivity index is 1.87. The number of nitrogens with one attached hydrogen (secondary N) is 1. The minimum absolute atomic E-state index is 0.0177. The largest absolute Gasteiger partial charge is 0.508 e. The molecular weight excluding hydrogens is 324 g/mol. The van der Waals surface area contributed by atoms with E-state index in [1.165, 1.54) is 36.4 Å². The highest BCUT2D eigenvalue weighted by molar-refractivity contribution is 7.91. The molecule has 0 amide bonds. The predicted molar refractivity (Wildman–Crippen MR) is 81.0 cm³/mol. The number of anilines is 2. The molecule has 0 saturated heterocycles. The highest BCUT2D eigenvalue weighted by Crippen LogP contribution is 2.25. The van der Waals surface area contributed by atoms with Crippen LogP contribution < -0.4 is 5.32 Å². The molecule has 2 N–H and O–H groups in total. The molecule has 0 radical (unpaired) electrons. The Kier molecular flexibility index (Phi) is 3.73. The first kappa shape index (κ1) is 14.4. The van der Waals surface area contributed by atoms with Gasteiger partial charge in [-0.3, -0.25) is 0 Å². The van der Waals surface area contributed by atoms with Gasteiger partial charge in [-0.1, -0.05) is 9.59 Å². The van der Waals surface area contributed by atoms with Crippen molar-refractivity contribution in [1.29, 1.82) is 0 Å². The highest BCUT2D eigenvalue weighted by atomic mass is 32.2. The van der Waals surface area contributed by atoms with Crippen molar-refractivity contribution in [1.82, 2.24) is 14.8 Å². The summed E-state index contributed by atoms with van der Waals surface area (Å²) in [6.07, 6.45) is 0. The Hall–Kier alpha value is -2.52. The van der Waals surface area contributed by atoms with E-state index >= 15 is 0 Å². The van der Waals surface area contributed by atoms with Crippen molar-refractivity contribution in [3.05, 3.63) is 48.5 Å². The minimum atomic E-state index is -3.61. The van der Waals surface area contributed by atoms with Crippen molar-refractivity contribution >= 4 is 32.2 Å². The van der Waals surface area contributed by atoms with Crippen LogP contribution in [0.1, 0.15) is 0 Å². The molecule has 2 aromatic carbocycles. The lowest BCUT2D eigenvalue weighted by Crippen LogP contribution is -2.01. The smallest absolute Gasteiger partial charge is 0.229 e. The van der Waals surface area contributed by atoms with Crippen molar-refractivity contribution in [3.63, 3.8) is 0 Å². The molecule has 0 aliphatic carbocycles. The van der Waals surface area contributed by atoms with Crippen LogP contribution in [0.3, 0.4) is 0 Å². The highest BCUT2D eigenvalue weighted by Gasteiger charge is 2.17. The van der Waals surface area contributed by atoms with Gasteiger partial charge in [0.15, 0.2) is 0 Å². The van der Waals surface area contributed by atoms with Gasteiger partial charge >= 0.3 is 0 Å². The molecule has 0 saturated carbocycles. The van der Waals surface area contributed by atoms with Crippen molar-refractivity contribution < 1.29 is 13.5 Å². The molecule has 0 fully saturated rings. The van der Waals surface area contributed by atoms with Crippen LogP contribution in [0.5, 0.6) is 5.75 Å². The number of sulfone groups is 1. The topological polar surface area (TPSA) is 105 Å². The number of nitrogens with zero attached hydrogens (tertiary/aromatic N) is 3. The van der Waals surface area contributed by atoms with Crippen molar-refractivity contribution in [2.45, 2.75) is 9.79 Å². The molecule has 0 atom stereocenters. The fourth-order valence-electron chi connectivity index (χ4n) is 1.78. The summed E-state index contributed by atoms with van der Waals surface area (Å²) in [5, 5.41) is 19.9. The molecule has 7 nitrogen and oxygen atoms in total. The molecule has 1 aromatic heterocycles. The molecule has 0 aliphatic rings. The molecule has 9 heteroatoms. The summed E-state index contributed by atoms with van der Waals surface area (Å²) >= 11 is 1.10. The van der Waals surface area contributed by atoms with Gasteiger partial charge in [0.1, 0.15) is 5.75 Å². The fourth-order valence-corrected chi connectivity index (χ4v) is 3.43. The van der Waals surface area contributed by atoms with Crippen molar-refractivity contribution in [3.8, 4) is 5.75 Å². The average Bonchev–Trinajstić information content (AvgIpc) is 3.01. The molecule has 0 spiro atoms. The van der Waals surface area contributed by atoms with E-state index in [2.05, 4.69) is 20.1 Å². The number of hydrogen-bond donors (Lipinski definition) is 2. The van der Waals surface area contributed by atoms with E-state index in [1.807, 2.05) is 0 Å². The lowest BCUT2D eigenvalue weighted by atomic mass is 10.3. The Morgan fingerprint density at radius 3 is 2.09 bits per heavy atom. The number of rotatable bonds is 4. The van der Waals surface area contributed by atoms with Gasteiger partial charge < -0.3 is 10.4 Å². The van der Waals surface area contributed by atoms with E-state index in [1.54, 1.807) is 12.1 Å². The van der Waals surface area contributed by atoms with Crippen LogP contribution in [0.2, 0.25) is 0 Å². The summed E-state index contributed by atoms with van der Waals surface area (Å²) in [5.41, 5.74) is 0.684. The van der Waals surface area contributed by atoms with E-state index in [4.69, 9.17) is 0 Å². The summed E-state index contributed by atoms with van der Waals surface area (Å²) in [6, 6.07) is 11.7. The Labute approximate surface area is 130 Å². The first-order valence-electron chi connectivity index (χ1n) is 6.12. The van der Waals surface area contributed by atoms with Gasteiger partial charge in [0.05, 0.1) is 9.79 Å². The Morgan fingerprint density at radius 2 is 1.55 bits per heavy atom. The summed E-state index contributed by atoms with van der Waals surface area (Å²) in [6.45, 7) is 0.